The molecule has 1 nitrogen and oxygen atoms in total. The highest BCUT2D eigenvalue weighted by Gasteiger charge is 1.93. The quantitative estimate of drug-likeness (QED) is 0.415. The van der Waals surface area contributed by atoms with Crippen LogP contribution in [-0.2, 0) is 6.54 Å². The van der Waals surface area contributed by atoms with Gasteiger partial charge in [0.05, 0.1) is 0 Å². The monoisotopic (exact) mass is 351 g/mol. The van der Waals surface area contributed by atoms with Gasteiger partial charge in [0.1, 0.15) is 0 Å². The summed E-state index contributed by atoms with van der Waals surface area (Å²) in [6.07, 6.45) is 5.35. The molecule has 0 heterocycles. The first kappa shape index (κ1) is 14.3. The van der Waals surface area contributed by atoms with Crippen molar-refractivity contribution in [3.8, 4) is 0 Å². The van der Waals surface area contributed by atoms with Crippen molar-refractivity contribution in [1.82, 2.24) is 5.32 Å². The predicted molar refractivity (Wildman–Crippen MR) is 80.5 cm³/mol. The van der Waals surface area contributed by atoms with E-state index in [1.807, 2.05) is 12.1 Å². The molecule has 0 spiro atoms. The zero-order valence-electron chi connectivity index (χ0n) is 9.52. The maximum atomic E-state index is 5.82. The van der Waals surface area contributed by atoms with E-state index < -0.39 is 0 Å². The van der Waals surface area contributed by atoms with Crippen LogP contribution in [0.15, 0.2) is 24.3 Å². The lowest BCUT2D eigenvalue weighted by Gasteiger charge is -2.04. The first-order valence-electron chi connectivity index (χ1n) is 5.84. The predicted octanol–water partition coefficient (Wildman–Crippen LogP) is 4.43. The van der Waals surface area contributed by atoms with Gasteiger partial charge in [0.25, 0.3) is 0 Å². The number of benzene rings is 1. The minimum Gasteiger partial charge on any atom is -0.313 e. The largest absolute Gasteiger partial charge is 0.313 e. The van der Waals surface area contributed by atoms with E-state index in [1.165, 1.54) is 35.7 Å². The van der Waals surface area contributed by atoms with Crippen molar-refractivity contribution < 1.29 is 0 Å². The molecule has 0 radical (unpaired) electrons. The molecule has 1 N–H and O–H groups in total. The van der Waals surface area contributed by atoms with Gasteiger partial charge in [-0.3, -0.25) is 0 Å². The Morgan fingerprint density at radius 1 is 1.00 bits per heavy atom. The van der Waals surface area contributed by atoms with Crippen molar-refractivity contribution in [3.05, 3.63) is 34.9 Å². The van der Waals surface area contributed by atoms with Gasteiger partial charge in [-0.15, -0.1) is 0 Å². The Balaban J connectivity index is 2.01. The number of halogens is 2. The number of hydrogen-bond donors (Lipinski definition) is 1. The molecule has 1 aromatic rings. The Hall–Kier alpha value is 0.200. The summed E-state index contributed by atoms with van der Waals surface area (Å²) in [5.74, 6) is 0. The second kappa shape index (κ2) is 9.25. The number of unbranched alkanes of at least 4 members (excludes halogenated alkanes) is 3. The van der Waals surface area contributed by atoms with Crippen molar-refractivity contribution in [2.45, 2.75) is 32.2 Å². The third-order valence-corrected chi connectivity index (χ3v) is 3.49. The van der Waals surface area contributed by atoms with E-state index in [1.54, 1.807) is 0 Å². The van der Waals surface area contributed by atoms with Crippen LogP contribution in [0, 0.1) is 0 Å². The van der Waals surface area contributed by atoms with Crippen LogP contribution in [0.25, 0.3) is 0 Å². The summed E-state index contributed by atoms with van der Waals surface area (Å²) in [7, 11) is 0. The van der Waals surface area contributed by atoms with Crippen molar-refractivity contribution in [3.63, 3.8) is 0 Å². The Kier molecular flexibility index (Phi) is 8.25. The van der Waals surface area contributed by atoms with Crippen LogP contribution in [0.4, 0.5) is 0 Å². The molecule has 1 aromatic carbocycles. The van der Waals surface area contributed by atoms with Crippen LogP contribution >= 0.6 is 34.2 Å². The molecule has 0 fully saturated rings. The minimum atomic E-state index is 0.808. The molecule has 0 aliphatic rings. The lowest BCUT2D eigenvalue weighted by atomic mass is 10.2. The Morgan fingerprint density at radius 2 is 1.69 bits per heavy atom. The highest BCUT2D eigenvalue weighted by molar-refractivity contribution is 14.1. The summed E-state index contributed by atoms with van der Waals surface area (Å²) in [6.45, 7) is 2.06. The van der Waals surface area contributed by atoms with E-state index in [-0.39, 0.29) is 0 Å². The SMILES string of the molecule is Clc1ccc(CNCCCCCCI)cc1. The van der Waals surface area contributed by atoms with Gasteiger partial charge in [-0.25, -0.2) is 0 Å². The lowest BCUT2D eigenvalue weighted by molar-refractivity contribution is 0.600. The molecule has 0 bridgehead atoms. The van der Waals surface area contributed by atoms with Gasteiger partial charge in [0.2, 0.25) is 0 Å². The van der Waals surface area contributed by atoms with E-state index in [9.17, 15) is 0 Å². The molecule has 0 amide bonds. The molecule has 3 heteroatoms. The van der Waals surface area contributed by atoms with E-state index in [2.05, 4.69) is 40.0 Å². The zero-order chi connectivity index (χ0) is 11.6. The number of alkyl halides is 1. The van der Waals surface area contributed by atoms with Gasteiger partial charge in [0.15, 0.2) is 0 Å². The third-order valence-electron chi connectivity index (χ3n) is 2.48. The zero-order valence-corrected chi connectivity index (χ0v) is 12.4. The van der Waals surface area contributed by atoms with Crippen molar-refractivity contribution in [1.29, 1.82) is 0 Å². The number of nitrogens with one attached hydrogen (secondary N) is 1. The molecule has 16 heavy (non-hydrogen) atoms. The second-order valence-electron chi connectivity index (χ2n) is 3.91. The summed E-state index contributed by atoms with van der Waals surface area (Å²) in [5, 5.41) is 4.26. The van der Waals surface area contributed by atoms with Crippen LogP contribution in [-0.4, -0.2) is 11.0 Å². The molecular formula is C13H19ClIN. The van der Waals surface area contributed by atoms with E-state index in [0.717, 1.165) is 18.1 Å². The molecule has 0 atom stereocenters. The van der Waals surface area contributed by atoms with Gasteiger partial charge in [-0.05, 0) is 41.5 Å². The third kappa shape index (κ3) is 6.71. The van der Waals surface area contributed by atoms with Crippen LogP contribution < -0.4 is 5.32 Å². The lowest BCUT2D eigenvalue weighted by Crippen LogP contribution is -2.14. The molecule has 0 unspecified atom stereocenters. The van der Waals surface area contributed by atoms with E-state index in [0.29, 0.717) is 0 Å². The summed E-state index contributed by atoms with van der Waals surface area (Å²) in [5.41, 5.74) is 1.30. The molecule has 0 saturated carbocycles. The first-order valence-corrected chi connectivity index (χ1v) is 7.74. The van der Waals surface area contributed by atoms with Crippen LogP contribution in [0.3, 0.4) is 0 Å². The Labute approximate surface area is 117 Å². The number of hydrogen-bond acceptors (Lipinski definition) is 1. The fourth-order valence-electron chi connectivity index (χ4n) is 1.53. The van der Waals surface area contributed by atoms with Gasteiger partial charge >= 0.3 is 0 Å². The highest BCUT2D eigenvalue weighted by atomic mass is 127. The maximum Gasteiger partial charge on any atom is 0.0406 e. The molecule has 0 aromatic heterocycles. The number of rotatable bonds is 8. The van der Waals surface area contributed by atoms with Gasteiger partial charge in [-0.2, -0.15) is 0 Å². The smallest absolute Gasteiger partial charge is 0.0406 e. The molecule has 90 valence electrons. The van der Waals surface area contributed by atoms with E-state index >= 15 is 0 Å². The Morgan fingerprint density at radius 3 is 2.38 bits per heavy atom. The summed E-state index contributed by atoms with van der Waals surface area (Å²) in [4.78, 5) is 0. The minimum absolute atomic E-state index is 0.808. The van der Waals surface area contributed by atoms with Gasteiger partial charge in [-0.1, -0.05) is 59.2 Å². The van der Waals surface area contributed by atoms with Crippen LogP contribution in [0.5, 0.6) is 0 Å². The van der Waals surface area contributed by atoms with E-state index in [4.69, 9.17) is 11.6 Å². The average molecular weight is 352 g/mol. The molecule has 0 aliphatic carbocycles. The van der Waals surface area contributed by atoms with Crippen molar-refractivity contribution in [2.24, 2.45) is 0 Å². The van der Waals surface area contributed by atoms with Crippen molar-refractivity contribution >= 4 is 34.2 Å². The van der Waals surface area contributed by atoms with Crippen molar-refractivity contribution in [2.75, 3.05) is 11.0 Å². The summed E-state index contributed by atoms with van der Waals surface area (Å²) >= 11 is 8.26. The first-order chi connectivity index (χ1) is 7.83. The van der Waals surface area contributed by atoms with Gasteiger partial charge in [0, 0.05) is 11.6 Å². The summed E-state index contributed by atoms with van der Waals surface area (Å²) in [6, 6.07) is 8.04. The fraction of sp³-hybridized carbons (Fsp3) is 0.538. The molecule has 1 rings (SSSR count). The maximum absolute atomic E-state index is 5.82. The molecule has 0 aliphatic heterocycles. The summed E-state index contributed by atoms with van der Waals surface area (Å²) < 4.78 is 1.29. The average Bonchev–Trinajstić information content (AvgIpc) is 2.30. The Bertz CT molecular complexity index is 274. The molecule has 0 saturated heterocycles. The van der Waals surface area contributed by atoms with Gasteiger partial charge < -0.3 is 5.32 Å². The topological polar surface area (TPSA) is 12.0 Å². The second-order valence-corrected chi connectivity index (χ2v) is 5.42. The van der Waals surface area contributed by atoms with Crippen LogP contribution in [0.2, 0.25) is 5.02 Å². The van der Waals surface area contributed by atoms with Crippen LogP contribution in [0.1, 0.15) is 31.2 Å². The molecular weight excluding hydrogens is 333 g/mol. The normalized spacial score (nSPS) is 10.6. The highest BCUT2D eigenvalue weighted by Crippen LogP contribution is 2.09. The standard InChI is InChI=1S/C13H19ClIN/c14-13-7-5-12(6-8-13)11-16-10-4-2-1-3-9-15/h5-8,16H,1-4,9-11H2. The fourth-order valence-corrected chi connectivity index (χ4v) is 2.20.